The highest BCUT2D eigenvalue weighted by Crippen LogP contribution is 2.18. The lowest BCUT2D eigenvalue weighted by molar-refractivity contribution is 0.0932. The first-order valence-electron chi connectivity index (χ1n) is 5.22. The van der Waals surface area contributed by atoms with Crippen LogP contribution < -0.4 is 5.32 Å². The number of rotatable bonds is 4. The molecule has 0 aliphatic heterocycles. The van der Waals surface area contributed by atoms with Gasteiger partial charge in [-0.25, -0.2) is 4.39 Å². The number of amides is 1. The highest BCUT2D eigenvalue weighted by atomic mass is 35.5. The van der Waals surface area contributed by atoms with E-state index in [9.17, 15) is 9.18 Å². The molecule has 0 heterocycles. The fourth-order valence-electron chi connectivity index (χ4n) is 1.35. The van der Waals surface area contributed by atoms with E-state index < -0.39 is 11.7 Å². The molecule has 0 saturated heterocycles. The van der Waals surface area contributed by atoms with Crippen LogP contribution in [0.3, 0.4) is 0 Å². The summed E-state index contributed by atoms with van der Waals surface area (Å²) in [5.74, 6) is -1.29. The number of carbonyl (C=O) groups is 1. The summed E-state index contributed by atoms with van der Waals surface area (Å²) in [4.78, 5) is 11.7. The molecule has 3 nitrogen and oxygen atoms in total. The predicted molar refractivity (Wildman–Crippen MR) is 63.2 cm³/mol. The molecule has 17 heavy (non-hydrogen) atoms. The molecule has 0 spiro atoms. The standard InChI is InChI=1S/C12H12ClFN2O/c1-2-8(6-7-15)16-12(17)9-4-3-5-10(13)11(9)14/h3-5,8H,2,6H2,1H3,(H,16,17). The van der Waals surface area contributed by atoms with Crippen LogP contribution in [0.25, 0.3) is 0 Å². The van der Waals surface area contributed by atoms with Crippen molar-refractivity contribution in [2.75, 3.05) is 0 Å². The van der Waals surface area contributed by atoms with Crippen molar-refractivity contribution in [1.29, 1.82) is 5.26 Å². The molecule has 0 radical (unpaired) electrons. The molecule has 0 fully saturated rings. The second kappa shape index (κ2) is 6.21. The van der Waals surface area contributed by atoms with Gasteiger partial charge in [-0.05, 0) is 18.6 Å². The van der Waals surface area contributed by atoms with Crippen molar-refractivity contribution in [3.8, 4) is 6.07 Å². The monoisotopic (exact) mass is 254 g/mol. The van der Waals surface area contributed by atoms with Gasteiger partial charge >= 0.3 is 0 Å². The van der Waals surface area contributed by atoms with E-state index in [4.69, 9.17) is 16.9 Å². The summed E-state index contributed by atoms with van der Waals surface area (Å²) in [5.41, 5.74) is -0.103. The SMILES string of the molecule is CCC(CC#N)NC(=O)c1cccc(Cl)c1F. The Morgan fingerprint density at radius 3 is 2.94 bits per heavy atom. The molecule has 0 bridgehead atoms. The quantitative estimate of drug-likeness (QED) is 0.898. The molecular formula is C12H12ClFN2O. The van der Waals surface area contributed by atoms with Crippen LogP contribution in [0.15, 0.2) is 18.2 Å². The number of benzene rings is 1. The highest BCUT2D eigenvalue weighted by Gasteiger charge is 2.16. The first-order valence-corrected chi connectivity index (χ1v) is 5.59. The molecule has 1 N–H and O–H groups in total. The maximum Gasteiger partial charge on any atom is 0.254 e. The van der Waals surface area contributed by atoms with Gasteiger partial charge in [-0.1, -0.05) is 24.6 Å². The van der Waals surface area contributed by atoms with Gasteiger partial charge in [-0.2, -0.15) is 5.26 Å². The van der Waals surface area contributed by atoms with Crippen molar-refractivity contribution in [3.63, 3.8) is 0 Å². The number of halogens is 2. The number of hydrogen-bond acceptors (Lipinski definition) is 2. The summed E-state index contributed by atoms with van der Waals surface area (Å²) in [6.45, 7) is 1.84. The van der Waals surface area contributed by atoms with Crippen LogP contribution in [0.4, 0.5) is 4.39 Å². The van der Waals surface area contributed by atoms with E-state index in [0.29, 0.717) is 6.42 Å². The summed E-state index contributed by atoms with van der Waals surface area (Å²) in [7, 11) is 0. The molecule has 5 heteroatoms. The van der Waals surface area contributed by atoms with Crippen molar-refractivity contribution < 1.29 is 9.18 Å². The normalized spacial score (nSPS) is 11.6. The number of nitrogens with zero attached hydrogens (tertiary/aromatic N) is 1. The van der Waals surface area contributed by atoms with Crippen LogP contribution in [0.1, 0.15) is 30.1 Å². The van der Waals surface area contributed by atoms with E-state index in [1.807, 2.05) is 13.0 Å². The number of hydrogen-bond donors (Lipinski definition) is 1. The van der Waals surface area contributed by atoms with Crippen molar-refractivity contribution in [2.45, 2.75) is 25.8 Å². The summed E-state index contributed by atoms with van der Waals surface area (Å²) >= 11 is 5.58. The zero-order chi connectivity index (χ0) is 12.8. The van der Waals surface area contributed by atoms with E-state index in [1.54, 1.807) is 0 Å². The Bertz CT molecular complexity index is 456. The van der Waals surface area contributed by atoms with Crippen LogP contribution in [0.2, 0.25) is 5.02 Å². The maximum absolute atomic E-state index is 13.5. The smallest absolute Gasteiger partial charge is 0.254 e. The maximum atomic E-state index is 13.5. The van der Waals surface area contributed by atoms with Gasteiger partial charge < -0.3 is 5.32 Å². The molecule has 0 aliphatic carbocycles. The van der Waals surface area contributed by atoms with Gasteiger partial charge in [0.15, 0.2) is 5.82 Å². The summed E-state index contributed by atoms with van der Waals surface area (Å²) in [5, 5.41) is 11.1. The lowest BCUT2D eigenvalue weighted by Gasteiger charge is -2.14. The molecule has 1 aromatic carbocycles. The lowest BCUT2D eigenvalue weighted by atomic mass is 10.1. The number of carbonyl (C=O) groups excluding carboxylic acids is 1. The largest absolute Gasteiger partial charge is 0.348 e. The molecule has 1 aromatic rings. The van der Waals surface area contributed by atoms with Gasteiger partial charge in [0.05, 0.1) is 23.1 Å². The number of nitrogens with one attached hydrogen (secondary N) is 1. The van der Waals surface area contributed by atoms with Gasteiger partial charge in [-0.3, -0.25) is 4.79 Å². The summed E-state index contributed by atoms with van der Waals surface area (Å²) in [6, 6.07) is 5.93. The molecule has 1 unspecified atom stereocenters. The zero-order valence-corrected chi connectivity index (χ0v) is 10.1. The molecule has 1 atom stereocenters. The summed E-state index contributed by atoms with van der Waals surface area (Å²) in [6.07, 6.45) is 0.811. The first-order chi connectivity index (χ1) is 8.10. The van der Waals surface area contributed by atoms with Crippen molar-refractivity contribution in [1.82, 2.24) is 5.32 Å². The third kappa shape index (κ3) is 3.43. The molecule has 0 saturated carbocycles. The second-order valence-corrected chi connectivity index (χ2v) is 3.95. The van der Waals surface area contributed by atoms with Gasteiger partial charge in [0.1, 0.15) is 0 Å². The average Bonchev–Trinajstić information content (AvgIpc) is 2.31. The van der Waals surface area contributed by atoms with Gasteiger partial charge in [0, 0.05) is 6.04 Å². The fourth-order valence-corrected chi connectivity index (χ4v) is 1.52. The Kier molecular flexibility index (Phi) is 4.92. The van der Waals surface area contributed by atoms with Crippen LogP contribution in [-0.2, 0) is 0 Å². The Morgan fingerprint density at radius 2 is 2.35 bits per heavy atom. The Labute approximate surface area is 104 Å². The summed E-state index contributed by atoms with van der Waals surface area (Å²) < 4.78 is 13.5. The highest BCUT2D eigenvalue weighted by molar-refractivity contribution is 6.31. The third-order valence-electron chi connectivity index (χ3n) is 2.36. The fraction of sp³-hybridized carbons (Fsp3) is 0.333. The molecule has 1 rings (SSSR count). The minimum atomic E-state index is -0.738. The predicted octanol–water partition coefficient (Wildman–Crippen LogP) is 2.90. The van der Waals surface area contributed by atoms with Crippen LogP contribution in [-0.4, -0.2) is 11.9 Å². The van der Waals surface area contributed by atoms with E-state index in [0.717, 1.165) is 0 Å². The molecule has 1 amide bonds. The van der Waals surface area contributed by atoms with Crippen molar-refractivity contribution in [3.05, 3.63) is 34.6 Å². The Hall–Kier alpha value is -1.60. The Balaban J connectivity index is 2.83. The van der Waals surface area contributed by atoms with Crippen molar-refractivity contribution in [2.24, 2.45) is 0 Å². The van der Waals surface area contributed by atoms with E-state index in [1.165, 1.54) is 18.2 Å². The van der Waals surface area contributed by atoms with Crippen LogP contribution >= 0.6 is 11.6 Å². The van der Waals surface area contributed by atoms with Crippen LogP contribution in [0.5, 0.6) is 0 Å². The number of nitriles is 1. The van der Waals surface area contributed by atoms with Crippen LogP contribution in [0, 0.1) is 17.1 Å². The first kappa shape index (κ1) is 13.5. The molecule has 0 aromatic heterocycles. The topological polar surface area (TPSA) is 52.9 Å². The molecular weight excluding hydrogens is 243 g/mol. The molecule has 0 aliphatic rings. The zero-order valence-electron chi connectivity index (χ0n) is 9.34. The van der Waals surface area contributed by atoms with Crippen molar-refractivity contribution >= 4 is 17.5 Å². The molecule has 90 valence electrons. The minimum absolute atomic E-state index is 0.0917. The van der Waals surface area contributed by atoms with Gasteiger partial charge in [0.25, 0.3) is 5.91 Å². The Morgan fingerprint density at radius 1 is 1.65 bits per heavy atom. The second-order valence-electron chi connectivity index (χ2n) is 3.54. The minimum Gasteiger partial charge on any atom is -0.348 e. The van der Waals surface area contributed by atoms with E-state index >= 15 is 0 Å². The third-order valence-corrected chi connectivity index (χ3v) is 2.65. The van der Waals surface area contributed by atoms with E-state index in [2.05, 4.69) is 5.32 Å². The average molecular weight is 255 g/mol. The van der Waals surface area contributed by atoms with Gasteiger partial charge in [-0.15, -0.1) is 0 Å². The van der Waals surface area contributed by atoms with Gasteiger partial charge in [0.2, 0.25) is 0 Å². The lowest BCUT2D eigenvalue weighted by Crippen LogP contribution is -2.34. The van der Waals surface area contributed by atoms with E-state index in [-0.39, 0.29) is 23.0 Å².